The van der Waals surface area contributed by atoms with Crippen LogP contribution in [0.5, 0.6) is 11.5 Å². The quantitative estimate of drug-likeness (QED) is 0.183. The minimum absolute atomic E-state index is 0.149. The van der Waals surface area contributed by atoms with Gasteiger partial charge in [0, 0.05) is 0 Å². The number of phenolic OH excluding ortho intramolecular Hbond substituents is 2. The number of aryl methyl sites for hydroxylation is 2. The second-order valence-electron chi connectivity index (χ2n) is 18.0. The predicted molar refractivity (Wildman–Crippen MR) is 205 cm³/mol. The summed E-state index contributed by atoms with van der Waals surface area (Å²) < 4.78 is 47.6. The van der Waals surface area contributed by atoms with Crippen molar-refractivity contribution in [2.75, 3.05) is 39.6 Å². The van der Waals surface area contributed by atoms with Gasteiger partial charge in [-0.05, 0) is 111 Å². The van der Waals surface area contributed by atoms with Crippen LogP contribution in [-0.4, -0.2) is 74.0 Å². The van der Waals surface area contributed by atoms with Gasteiger partial charge in [0.15, 0.2) is 0 Å². The van der Waals surface area contributed by atoms with E-state index in [0.717, 1.165) is 33.4 Å². The van der Waals surface area contributed by atoms with E-state index in [-0.39, 0.29) is 10.8 Å². The smallest absolute Gasteiger partial charge is 0.272 e. The number of phenols is 2. The lowest BCUT2D eigenvalue weighted by molar-refractivity contribution is -0.411. The first kappa shape index (κ1) is 42.6. The monoisotopic (exact) mass is 740 g/mol. The Hall–Kier alpha value is -3.12. The molecule has 53 heavy (non-hydrogen) atoms. The Bertz CT molecular complexity index is 1440. The molecule has 0 radical (unpaired) electrons. The summed E-state index contributed by atoms with van der Waals surface area (Å²) in [6.45, 7) is 24.4. The van der Waals surface area contributed by atoms with E-state index in [1.54, 1.807) is 12.5 Å². The van der Waals surface area contributed by atoms with E-state index in [9.17, 15) is 10.2 Å². The van der Waals surface area contributed by atoms with Gasteiger partial charge in [0.1, 0.15) is 35.9 Å². The molecule has 10 nitrogen and oxygen atoms in total. The number of allylic oxidation sites excluding steroid dienone is 2. The third kappa shape index (κ3) is 12.5. The van der Waals surface area contributed by atoms with Crippen LogP contribution in [0.15, 0.2) is 48.9 Å². The second kappa shape index (κ2) is 17.1. The maximum Gasteiger partial charge on any atom is 0.272 e. The van der Waals surface area contributed by atoms with Gasteiger partial charge >= 0.3 is 0 Å². The van der Waals surface area contributed by atoms with Crippen LogP contribution in [0.3, 0.4) is 0 Å². The summed E-state index contributed by atoms with van der Waals surface area (Å²) in [7, 11) is 0. The minimum atomic E-state index is -0.837. The zero-order valence-electron chi connectivity index (χ0n) is 34.1. The second-order valence-corrected chi connectivity index (χ2v) is 18.0. The Labute approximate surface area is 317 Å². The average molecular weight is 741 g/mol. The number of ether oxygens (including phenoxy) is 8. The molecule has 0 atom stereocenters. The summed E-state index contributed by atoms with van der Waals surface area (Å²) >= 11 is 0. The minimum Gasteiger partial charge on any atom is -0.507 e. The average Bonchev–Trinajstić information content (AvgIpc) is 3.04. The molecule has 1 spiro atoms. The third-order valence-electron chi connectivity index (χ3n) is 9.22. The van der Waals surface area contributed by atoms with E-state index in [1.807, 2.05) is 65.8 Å². The highest BCUT2D eigenvalue weighted by Crippen LogP contribution is 2.36. The maximum atomic E-state index is 10.5. The largest absolute Gasteiger partial charge is 0.507 e. The van der Waals surface area contributed by atoms with Crippen molar-refractivity contribution in [1.82, 2.24) is 0 Å². The third-order valence-corrected chi connectivity index (χ3v) is 9.22. The Balaban J connectivity index is 1.14. The Morgan fingerprint density at radius 3 is 1.26 bits per heavy atom. The van der Waals surface area contributed by atoms with E-state index >= 15 is 0 Å². The van der Waals surface area contributed by atoms with Crippen LogP contribution in [0.2, 0.25) is 0 Å². The lowest BCUT2D eigenvalue weighted by Gasteiger charge is -2.45. The van der Waals surface area contributed by atoms with Crippen LogP contribution in [0, 0.1) is 19.3 Å². The Kier molecular flexibility index (Phi) is 13.8. The maximum absolute atomic E-state index is 10.5. The van der Waals surface area contributed by atoms with Gasteiger partial charge in [0.2, 0.25) is 0 Å². The normalized spacial score (nSPS) is 21.9. The fourth-order valence-corrected chi connectivity index (χ4v) is 6.14. The summed E-state index contributed by atoms with van der Waals surface area (Å²) in [5, 5.41) is 21.0. The van der Waals surface area contributed by atoms with Crippen molar-refractivity contribution in [3.63, 3.8) is 0 Å². The number of benzene rings is 2. The molecule has 2 aromatic carbocycles. The molecule has 296 valence electrons. The first-order valence-electron chi connectivity index (χ1n) is 18.6. The fourth-order valence-electron chi connectivity index (χ4n) is 6.14. The summed E-state index contributed by atoms with van der Waals surface area (Å²) in [6, 6.07) is 8.12. The standard InChI is InChI=1S/C43H64O10/c1-29-19-31(21-33(35(29)44)39(3,4)5)15-13-17-46-23-41(9,10)52-37-48-25-43(26-49-37)27-50-38(51-28-43)53-42(11,12)24-47-18-14-16-32-20-30(2)36(45)34(22-32)40(6,7)8/h13-14,17-22,37-38,44-45H,15-16,23-28H2,1-12H3. The lowest BCUT2D eigenvalue weighted by atomic mass is 9.84. The van der Waals surface area contributed by atoms with Gasteiger partial charge in [-0.1, -0.05) is 65.8 Å². The topological polar surface area (TPSA) is 114 Å². The molecule has 2 aromatic rings. The summed E-state index contributed by atoms with van der Waals surface area (Å²) in [4.78, 5) is 0. The van der Waals surface area contributed by atoms with Crippen molar-refractivity contribution >= 4 is 0 Å². The molecule has 10 heteroatoms. The van der Waals surface area contributed by atoms with E-state index in [4.69, 9.17) is 37.9 Å². The van der Waals surface area contributed by atoms with E-state index in [0.29, 0.717) is 64.0 Å². The predicted octanol–water partition coefficient (Wildman–Crippen LogP) is 8.39. The van der Waals surface area contributed by atoms with Gasteiger partial charge in [0.05, 0.1) is 44.4 Å². The molecular weight excluding hydrogens is 676 g/mol. The first-order valence-corrected chi connectivity index (χ1v) is 18.6. The van der Waals surface area contributed by atoms with Crippen molar-refractivity contribution in [2.24, 2.45) is 5.41 Å². The molecule has 0 saturated carbocycles. The van der Waals surface area contributed by atoms with Gasteiger partial charge in [-0.15, -0.1) is 0 Å². The highest BCUT2D eigenvalue weighted by Gasteiger charge is 2.44. The highest BCUT2D eigenvalue weighted by molar-refractivity contribution is 5.47. The van der Waals surface area contributed by atoms with Crippen LogP contribution in [0.25, 0.3) is 0 Å². The number of hydrogen-bond acceptors (Lipinski definition) is 10. The number of aromatic hydroxyl groups is 2. The lowest BCUT2D eigenvalue weighted by Crippen LogP contribution is -2.55. The fraction of sp³-hybridized carbons (Fsp3) is 0.628. The molecule has 2 N–H and O–H groups in total. The molecule has 2 saturated heterocycles. The number of rotatable bonds is 14. The highest BCUT2D eigenvalue weighted by atomic mass is 16.9. The van der Waals surface area contributed by atoms with E-state index in [2.05, 4.69) is 53.7 Å². The van der Waals surface area contributed by atoms with Gasteiger partial charge < -0.3 is 48.1 Å². The molecule has 2 heterocycles. The molecule has 4 rings (SSSR count). The molecule has 0 aromatic heterocycles. The molecule has 0 unspecified atom stereocenters. The van der Waals surface area contributed by atoms with Gasteiger partial charge in [-0.25, -0.2) is 0 Å². The van der Waals surface area contributed by atoms with Crippen LogP contribution in [0.4, 0.5) is 0 Å². The zero-order chi connectivity index (χ0) is 39.2. The van der Waals surface area contributed by atoms with Crippen LogP contribution < -0.4 is 0 Å². The van der Waals surface area contributed by atoms with Crippen molar-refractivity contribution in [1.29, 1.82) is 0 Å². The summed E-state index contributed by atoms with van der Waals surface area (Å²) in [5.74, 6) is 0.721. The molecule has 2 aliphatic heterocycles. The number of hydrogen-bond donors (Lipinski definition) is 2. The summed E-state index contributed by atoms with van der Waals surface area (Å²) in [6.07, 6.45) is 8.65. The van der Waals surface area contributed by atoms with Crippen molar-refractivity contribution in [3.05, 3.63) is 82.3 Å². The van der Waals surface area contributed by atoms with E-state index in [1.165, 1.54) is 0 Å². The molecule has 0 aliphatic carbocycles. The molecule has 0 amide bonds. The first-order chi connectivity index (χ1) is 24.6. The van der Waals surface area contributed by atoms with Crippen molar-refractivity contribution < 1.29 is 48.1 Å². The molecule has 2 fully saturated rings. The SMILES string of the molecule is Cc1cc(CC=COCC(C)(C)OC2OCC3(CO2)COC(OC(C)(C)COC=CCc2cc(C)c(O)c(C(C)(C)C)c2)OC3)cc(C(C)(C)C)c1O. The van der Waals surface area contributed by atoms with Crippen LogP contribution in [-0.2, 0) is 61.6 Å². The van der Waals surface area contributed by atoms with Crippen LogP contribution >= 0.6 is 0 Å². The van der Waals surface area contributed by atoms with Crippen LogP contribution in [0.1, 0.15) is 103 Å². The van der Waals surface area contributed by atoms with E-state index < -0.39 is 29.6 Å². The van der Waals surface area contributed by atoms with Crippen molar-refractivity contribution in [3.8, 4) is 11.5 Å². The molecule has 2 aliphatic rings. The van der Waals surface area contributed by atoms with Gasteiger partial charge in [0.25, 0.3) is 13.0 Å². The molecule has 0 bridgehead atoms. The van der Waals surface area contributed by atoms with Gasteiger partial charge in [-0.3, -0.25) is 0 Å². The van der Waals surface area contributed by atoms with Crippen molar-refractivity contribution in [2.45, 2.75) is 131 Å². The Morgan fingerprint density at radius 2 is 0.943 bits per heavy atom. The van der Waals surface area contributed by atoms with Gasteiger partial charge in [-0.2, -0.15) is 0 Å². The summed E-state index contributed by atoms with van der Waals surface area (Å²) in [5.41, 5.74) is 3.73. The zero-order valence-corrected chi connectivity index (χ0v) is 34.1. The Morgan fingerprint density at radius 1 is 0.604 bits per heavy atom. The molecular formula is C43H64O10.